The zero-order valence-corrected chi connectivity index (χ0v) is 17.8. The number of rotatable bonds is 7. The molecule has 0 bridgehead atoms. The highest BCUT2D eigenvalue weighted by molar-refractivity contribution is 8.00. The first-order chi connectivity index (χ1) is 13.0. The molecule has 1 N–H and O–H groups in total. The molecule has 0 unspecified atom stereocenters. The van der Waals surface area contributed by atoms with Crippen molar-refractivity contribution in [1.82, 2.24) is 5.32 Å². The quantitative estimate of drug-likeness (QED) is 0.523. The number of benzene rings is 1. The highest BCUT2D eigenvalue weighted by Crippen LogP contribution is 2.24. The van der Waals surface area contributed by atoms with Crippen LogP contribution in [0.3, 0.4) is 0 Å². The van der Waals surface area contributed by atoms with Crippen LogP contribution in [0.15, 0.2) is 29.2 Å². The Balaban J connectivity index is 1.91. The summed E-state index contributed by atoms with van der Waals surface area (Å²) in [7, 11) is -3.06. The lowest BCUT2D eigenvalue weighted by Crippen LogP contribution is -2.36. The third kappa shape index (κ3) is 6.63. The summed E-state index contributed by atoms with van der Waals surface area (Å²) in [5.41, 5.74) is -0.314. The molecule has 0 spiro atoms. The van der Waals surface area contributed by atoms with E-state index in [-0.39, 0.29) is 47.2 Å². The maximum atomic E-state index is 12.3. The first kappa shape index (κ1) is 22.4. The molecular formula is C19H25NO6S2. The summed E-state index contributed by atoms with van der Waals surface area (Å²) < 4.78 is 28.0. The van der Waals surface area contributed by atoms with Gasteiger partial charge in [0.1, 0.15) is 0 Å². The van der Waals surface area contributed by atoms with Gasteiger partial charge in [0.05, 0.1) is 22.8 Å². The summed E-state index contributed by atoms with van der Waals surface area (Å²) in [4.78, 5) is 36.9. The van der Waals surface area contributed by atoms with Gasteiger partial charge in [-0.1, -0.05) is 32.9 Å². The molecule has 1 aromatic rings. The zero-order chi connectivity index (χ0) is 20.9. The van der Waals surface area contributed by atoms with E-state index >= 15 is 0 Å². The molecule has 0 aliphatic carbocycles. The Kier molecular flexibility index (Phi) is 7.28. The Labute approximate surface area is 169 Å². The van der Waals surface area contributed by atoms with E-state index in [1.165, 1.54) is 0 Å². The number of nitrogens with one attached hydrogen (secondary N) is 1. The van der Waals surface area contributed by atoms with Gasteiger partial charge >= 0.3 is 5.97 Å². The van der Waals surface area contributed by atoms with Crippen molar-refractivity contribution in [2.24, 2.45) is 5.41 Å². The van der Waals surface area contributed by atoms with E-state index in [1.54, 1.807) is 45.0 Å². The third-order valence-electron chi connectivity index (χ3n) is 4.23. The lowest BCUT2D eigenvalue weighted by Gasteiger charge is -2.16. The molecule has 28 heavy (non-hydrogen) atoms. The van der Waals surface area contributed by atoms with Crippen LogP contribution in [0.5, 0.6) is 0 Å². The van der Waals surface area contributed by atoms with Crippen molar-refractivity contribution in [1.29, 1.82) is 0 Å². The second-order valence-electron chi connectivity index (χ2n) is 7.70. The Morgan fingerprint density at radius 3 is 2.50 bits per heavy atom. The number of carbonyl (C=O) groups excluding carboxylic acids is 3. The van der Waals surface area contributed by atoms with E-state index in [4.69, 9.17) is 4.74 Å². The highest BCUT2D eigenvalue weighted by atomic mass is 32.2. The van der Waals surface area contributed by atoms with Crippen LogP contribution in [0.4, 0.5) is 0 Å². The van der Waals surface area contributed by atoms with Gasteiger partial charge in [0.25, 0.3) is 0 Å². The van der Waals surface area contributed by atoms with Gasteiger partial charge < -0.3 is 10.1 Å². The summed E-state index contributed by atoms with van der Waals surface area (Å²) in [6.07, 6.45) is 0.420. The van der Waals surface area contributed by atoms with Crippen LogP contribution in [0.25, 0.3) is 0 Å². The van der Waals surface area contributed by atoms with Gasteiger partial charge in [0.15, 0.2) is 22.2 Å². The minimum absolute atomic E-state index is 0.0336. The lowest BCUT2D eigenvalue weighted by atomic mass is 9.91. The normalized spacial score (nSPS) is 18.5. The number of thioether (sulfide) groups is 1. The monoisotopic (exact) mass is 427 g/mol. The smallest absolute Gasteiger partial charge is 0.339 e. The molecule has 2 rings (SSSR count). The van der Waals surface area contributed by atoms with Gasteiger partial charge in [-0.2, -0.15) is 0 Å². The average molecular weight is 428 g/mol. The molecule has 1 heterocycles. The Morgan fingerprint density at radius 1 is 1.21 bits per heavy atom. The van der Waals surface area contributed by atoms with Crippen LogP contribution in [0.2, 0.25) is 0 Å². The van der Waals surface area contributed by atoms with E-state index in [1.807, 2.05) is 0 Å². The van der Waals surface area contributed by atoms with E-state index in [2.05, 4.69) is 5.32 Å². The molecule has 1 aromatic carbocycles. The third-order valence-corrected chi connectivity index (χ3v) is 7.08. The number of hydrogen-bond donors (Lipinski definition) is 1. The van der Waals surface area contributed by atoms with Crippen molar-refractivity contribution in [3.05, 3.63) is 29.8 Å². The SMILES string of the molecule is CC(C)(C)C(=O)COC(=O)c1ccccc1SCC(=O)N[C@H]1CCS(=O)(=O)C1. The van der Waals surface area contributed by atoms with Crippen molar-refractivity contribution in [3.63, 3.8) is 0 Å². The summed E-state index contributed by atoms with van der Waals surface area (Å²) in [6.45, 7) is 4.95. The van der Waals surface area contributed by atoms with E-state index in [9.17, 15) is 22.8 Å². The largest absolute Gasteiger partial charge is 0.454 e. The zero-order valence-electron chi connectivity index (χ0n) is 16.2. The summed E-state index contributed by atoms with van der Waals surface area (Å²) in [5, 5.41) is 2.71. The first-order valence-electron chi connectivity index (χ1n) is 8.90. The molecule has 1 amide bonds. The molecule has 154 valence electrons. The molecule has 1 fully saturated rings. The number of carbonyl (C=O) groups is 3. The van der Waals surface area contributed by atoms with Crippen LogP contribution in [0.1, 0.15) is 37.6 Å². The molecule has 1 atom stereocenters. The van der Waals surface area contributed by atoms with E-state index in [0.29, 0.717) is 11.3 Å². The van der Waals surface area contributed by atoms with Crippen molar-refractivity contribution in [3.8, 4) is 0 Å². The van der Waals surface area contributed by atoms with Crippen molar-refractivity contribution < 1.29 is 27.5 Å². The second-order valence-corrected chi connectivity index (χ2v) is 10.9. The topological polar surface area (TPSA) is 107 Å². The fourth-order valence-electron chi connectivity index (χ4n) is 2.51. The Bertz CT molecular complexity index is 857. The highest BCUT2D eigenvalue weighted by Gasteiger charge is 2.29. The first-order valence-corrected chi connectivity index (χ1v) is 11.7. The number of amides is 1. The van der Waals surface area contributed by atoms with Gasteiger partial charge in [-0.3, -0.25) is 9.59 Å². The van der Waals surface area contributed by atoms with E-state index < -0.39 is 21.2 Å². The van der Waals surface area contributed by atoms with Gasteiger partial charge in [-0.25, -0.2) is 13.2 Å². The Hall–Kier alpha value is -1.87. The van der Waals surface area contributed by atoms with Crippen LogP contribution in [-0.2, 0) is 24.2 Å². The lowest BCUT2D eigenvalue weighted by molar-refractivity contribution is -0.129. The summed E-state index contributed by atoms with van der Waals surface area (Å²) in [5.74, 6) is -0.999. The number of ether oxygens (including phenoxy) is 1. The molecule has 7 nitrogen and oxygen atoms in total. The Morgan fingerprint density at radius 2 is 1.89 bits per heavy atom. The van der Waals surface area contributed by atoms with Crippen molar-refractivity contribution >= 4 is 39.3 Å². The molecule has 0 radical (unpaired) electrons. The number of sulfone groups is 1. The predicted molar refractivity (Wildman–Crippen MR) is 107 cm³/mol. The average Bonchev–Trinajstić information content (AvgIpc) is 2.95. The molecular weight excluding hydrogens is 402 g/mol. The van der Waals surface area contributed by atoms with Gasteiger partial charge in [0.2, 0.25) is 5.91 Å². The maximum Gasteiger partial charge on any atom is 0.339 e. The number of Topliss-reactive ketones (excluding diaryl/α,β-unsaturated/α-hetero) is 1. The van der Waals surface area contributed by atoms with Gasteiger partial charge in [0, 0.05) is 16.4 Å². The standard InChI is InChI=1S/C19H25NO6S2/c1-19(2,3)16(21)10-26-18(23)14-6-4-5-7-15(14)27-11-17(22)20-13-8-9-28(24,25)12-13/h4-7,13H,8-12H2,1-3H3,(H,20,22)/t13-/m0/s1. The fourth-order valence-corrected chi connectivity index (χ4v) is 5.03. The maximum absolute atomic E-state index is 12.3. The number of ketones is 1. The van der Waals surface area contributed by atoms with E-state index in [0.717, 1.165) is 11.8 Å². The van der Waals surface area contributed by atoms with Gasteiger partial charge in [-0.15, -0.1) is 11.8 Å². The number of esters is 1. The number of hydrogen-bond acceptors (Lipinski definition) is 7. The van der Waals surface area contributed by atoms with Crippen LogP contribution >= 0.6 is 11.8 Å². The molecule has 1 aliphatic heterocycles. The van der Waals surface area contributed by atoms with Gasteiger partial charge in [-0.05, 0) is 18.6 Å². The summed E-state index contributed by atoms with van der Waals surface area (Å²) in [6, 6.07) is 6.33. The van der Waals surface area contributed by atoms with Crippen molar-refractivity contribution in [2.45, 2.75) is 38.1 Å². The fraction of sp³-hybridized carbons (Fsp3) is 0.526. The van der Waals surface area contributed by atoms with Crippen LogP contribution in [-0.4, -0.2) is 56.0 Å². The molecule has 1 aliphatic rings. The molecule has 0 saturated carbocycles. The van der Waals surface area contributed by atoms with Crippen LogP contribution < -0.4 is 5.32 Å². The minimum Gasteiger partial charge on any atom is -0.454 e. The predicted octanol–water partition coefficient (Wildman–Crippen LogP) is 1.85. The minimum atomic E-state index is -3.06. The molecule has 9 heteroatoms. The molecule has 1 saturated heterocycles. The van der Waals surface area contributed by atoms with Crippen LogP contribution in [0, 0.1) is 5.41 Å². The van der Waals surface area contributed by atoms with Crippen molar-refractivity contribution in [2.75, 3.05) is 23.9 Å². The molecule has 0 aromatic heterocycles. The second kappa shape index (κ2) is 9.09. The summed E-state index contributed by atoms with van der Waals surface area (Å²) >= 11 is 1.16.